The summed E-state index contributed by atoms with van der Waals surface area (Å²) in [7, 11) is 0. The van der Waals surface area contributed by atoms with Gasteiger partial charge in [0.15, 0.2) is 5.79 Å². The average Bonchev–Trinajstić information content (AvgIpc) is 2.57. The van der Waals surface area contributed by atoms with Crippen LogP contribution in [0.15, 0.2) is 30.3 Å². The van der Waals surface area contributed by atoms with Crippen LogP contribution in [0.5, 0.6) is 0 Å². The molecular formula is C19H28N2O5. The standard InChI is InChI=1S/C19H28N2O5/c1-18(2)11-25-19(3,4)26-15(18)17(24)21-13(16(20)23)10-14(22)12-8-6-5-7-9-12/h5-9,13-15,22H,10-11H2,1-4H3,(H2,20,23)(H,21,24)/t13?,14?,15-/m0/s1. The maximum atomic E-state index is 12.8. The van der Waals surface area contributed by atoms with E-state index < -0.39 is 41.3 Å². The number of nitrogens with one attached hydrogen (secondary N) is 1. The number of nitrogens with two attached hydrogens (primary N) is 1. The SMILES string of the molecule is CC1(C)OCC(C)(C)[C@H](C(=O)NC(CC(O)c2ccccc2)C(N)=O)O1. The van der Waals surface area contributed by atoms with Gasteiger partial charge in [-0.05, 0) is 19.4 Å². The molecule has 1 aliphatic heterocycles. The molecule has 0 saturated carbocycles. The van der Waals surface area contributed by atoms with Gasteiger partial charge in [0.05, 0.1) is 12.7 Å². The van der Waals surface area contributed by atoms with Gasteiger partial charge in [-0.15, -0.1) is 0 Å². The van der Waals surface area contributed by atoms with E-state index in [0.29, 0.717) is 12.2 Å². The van der Waals surface area contributed by atoms with E-state index in [1.54, 1.807) is 38.1 Å². The number of benzene rings is 1. The Bertz CT molecular complexity index is 645. The van der Waals surface area contributed by atoms with E-state index in [0.717, 1.165) is 0 Å². The van der Waals surface area contributed by atoms with Gasteiger partial charge in [-0.2, -0.15) is 0 Å². The van der Waals surface area contributed by atoms with Crippen LogP contribution in [-0.2, 0) is 19.1 Å². The molecule has 0 spiro atoms. The monoisotopic (exact) mass is 364 g/mol. The molecule has 0 aromatic heterocycles. The van der Waals surface area contributed by atoms with Crippen molar-refractivity contribution < 1.29 is 24.2 Å². The number of amides is 2. The Morgan fingerprint density at radius 3 is 2.46 bits per heavy atom. The van der Waals surface area contributed by atoms with Gasteiger partial charge in [0.1, 0.15) is 12.1 Å². The molecule has 3 atom stereocenters. The van der Waals surface area contributed by atoms with E-state index in [-0.39, 0.29) is 6.42 Å². The molecule has 1 fully saturated rings. The number of aliphatic hydroxyl groups is 1. The van der Waals surface area contributed by atoms with Crippen LogP contribution in [0.3, 0.4) is 0 Å². The van der Waals surface area contributed by atoms with E-state index in [2.05, 4.69) is 5.32 Å². The fourth-order valence-electron chi connectivity index (χ4n) is 2.85. The molecule has 1 aromatic rings. The number of carbonyl (C=O) groups excluding carboxylic acids is 2. The molecule has 7 heteroatoms. The highest BCUT2D eigenvalue weighted by Gasteiger charge is 2.46. The van der Waals surface area contributed by atoms with Crippen LogP contribution in [0, 0.1) is 5.41 Å². The minimum atomic E-state index is -1.01. The van der Waals surface area contributed by atoms with Crippen molar-refractivity contribution in [3.05, 3.63) is 35.9 Å². The molecule has 2 amide bonds. The zero-order valence-corrected chi connectivity index (χ0v) is 15.7. The van der Waals surface area contributed by atoms with Crippen molar-refractivity contribution in [1.82, 2.24) is 5.32 Å². The Morgan fingerprint density at radius 1 is 1.27 bits per heavy atom. The molecule has 7 nitrogen and oxygen atoms in total. The predicted molar refractivity (Wildman–Crippen MR) is 95.8 cm³/mol. The van der Waals surface area contributed by atoms with E-state index in [9.17, 15) is 14.7 Å². The van der Waals surface area contributed by atoms with Crippen molar-refractivity contribution in [3.8, 4) is 0 Å². The maximum Gasteiger partial charge on any atom is 0.250 e. The summed E-state index contributed by atoms with van der Waals surface area (Å²) in [6.07, 6.45) is -1.74. The van der Waals surface area contributed by atoms with Crippen LogP contribution in [0.25, 0.3) is 0 Å². The second-order valence-corrected chi connectivity index (χ2v) is 7.80. The zero-order chi connectivity index (χ0) is 19.5. The van der Waals surface area contributed by atoms with Gasteiger partial charge < -0.3 is 25.6 Å². The first-order valence-corrected chi connectivity index (χ1v) is 8.66. The highest BCUT2D eigenvalue weighted by atomic mass is 16.7. The second-order valence-electron chi connectivity index (χ2n) is 7.80. The summed E-state index contributed by atoms with van der Waals surface area (Å²) in [5.74, 6) is -2.06. The van der Waals surface area contributed by atoms with Crippen LogP contribution >= 0.6 is 0 Å². The molecule has 0 aliphatic carbocycles. The minimum Gasteiger partial charge on any atom is -0.388 e. The van der Waals surface area contributed by atoms with Gasteiger partial charge in [-0.1, -0.05) is 44.2 Å². The highest BCUT2D eigenvalue weighted by molar-refractivity contribution is 5.89. The molecular weight excluding hydrogens is 336 g/mol. The summed E-state index contributed by atoms with van der Waals surface area (Å²) in [6.45, 7) is 7.50. The van der Waals surface area contributed by atoms with Crippen molar-refractivity contribution in [2.24, 2.45) is 11.1 Å². The van der Waals surface area contributed by atoms with Crippen LogP contribution in [0.2, 0.25) is 0 Å². The van der Waals surface area contributed by atoms with Crippen molar-refractivity contribution >= 4 is 11.8 Å². The summed E-state index contributed by atoms with van der Waals surface area (Å²) in [6, 6.07) is 7.89. The molecule has 26 heavy (non-hydrogen) atoms. The third kappa shape index (κ3) is 5.03. The lowest BCUT2D eigenvalue weighted by atomic mass is 9.85. The Morgan fingerprint density at radius 2 is 1.88 bits per heavy atom. The summed E-state index contributed by atoms with van der Waals surface area (Å²) >= 11 is 0. The van der Waals surface area contributed by atoms with Gasteiger partial charge in [0.25, 0.3) is 5.91 Å². The van der Waals surface area contributed by atoms with Gasteiger partial charge in [-0.25, -0.2) is 0 Å². The molecule has 1 aliphatic rings. The fraction of sp³-hybridized carbons (Fsp3) is 0.579. The number of carbonyl (C=O) groups is 2. The topological polar surface area (TPSA) is 111 Å². The lowest BCUT2D eigenvalue weighted by Gasteiger charge is -2.45. The van der Waals surface area contributed by atoms with E-state index in [4.69, 9.17) is 15.2 Å². The summed E-state index contributed by atoms with van der Waals surface area (Å²) in [5.41, 5.74) is 5.51. The average molecular weight is 364 g/mol. The van der Waals surface area contributed by atoms with Crippen molar-refractivity contribution in [2.45, 2.75) is 58.2 Å². The van der Waals surface area contributed by atoms with Crippen LogP contribution in [0.4, 0.5) is 0 Å². The Kier molecular flexibility index (Phi) is 6.05. The lowest BCUT2D eigenvalue weighted by molar-refractivity contribution is -0.304. The molecule has 0 radical (unpaired) electrons. The van der Waals surface area contributed by atoms with E-state index >= 15 is 0 Å². The molecule has 0 bridgehead atoms. The largest absolute Gasteiger partial charge is 0.388 e. The maximum absolute atomic E-state index is 12.8. The number of primary amides is 1. The third-order valence-electron chi connectivity index (χ3n) is 4.44. The Balaban J connectivity index is 2.09. The first kappa shape index (κ1) is 20.4. The van der Waals surface area contributed by atoms with Crippen molar-refractivity contribution in [2.75, 3.05) is 6.61 Å². The molecule has 1 aromatic carbocycles. The van der Waals surface area contributed by atoms with Crippen molar-refractivity contribution in [3.63, 3.8) is 0 Å². The summed E-state index contributed by atoms with van der Waals surface area (Å²) in [5, 5.41) is 13.0. The number of hydrogen-bond donors (Lipinski definition) is 3. The molecule has 2 rings (SSSR count). The first-order chi connectivity index (χ1) is 12.0. The van der Waals surface area contributed by atoms with Gasteiger partial charge in [0.2, 0.25) is 5.91 Å². The van der Waals surface area contributed by atoms with Gasteiger partial charge >= 0.3 is 0 Å². The highest BCUT2D eigenvalue weighted by Crippen LogP contribution is 2.35. The van der Waals surface area contributed by atoms with Crippen LogP contribution < -0.4 is 11.1 Å². The zero-order valence-electron chi connectivity index (χ0n) is 15.7. The van der Waals surface area contributed by atoms with Crippen molar-refractivity contribution in [1.29, 1.82) is 0 Å². The first-order valence-electron chi connectivity index (χ1n) is 8.66. The molecule has 144 valence electrons. The molecule has 2 unspecified atom stereocenters. The Hall–Kier alpha value is -1.96. The number of rotatable bonds is 6. The van der Waals surface area contributed by atoms with Gasteiger partial charge in [0, 0.05) is 11.8 Å². The predicted octanol–water partition coefficient (Wildman–Crippen LogP) is 1.26. The van der Waals surface area contributed by atoms with Crippen LogP contribution in [-0.4, -0.2) is 41.5 Å². The van der Waals surface area contributed by atoms with Crippen LogP contribution in [0.1, 0.15) is 45.8 Å². The lowest BCUT2D eigenvalue weighted by Crippen LogP contribution is -2.59. The fourth-order valence-corrected chi connectivity index (χ4v) is 2.85. The number of hydrogen-bond acceptors (Lipinski definition) is 5. The summed E-state index contributed by atoms with van der Waals surface area (Å²) in [4.78, 5) is 24.6. The molecule has 1 heterocycles. The van der Waals surface area contributed by atoms with E-state index in [1.807, 2.05) is 19.9 Å². The molecule has 1 saturated heterocycles. The quantitative estimate of drug-likeness (QED) is 0.704. The third-order valence-corrected chi connectivity index (χ3v) is 4.44. The summed E-state index contributed by atoms with van der Waals surface area (Å²) < 4.78 is 11.4. The minimum absolute atomic E-state index is 0.0157. The number of ether oxygens (including phenoxy) is 2. The van der Waals surface area contributed by atoms with Gasteiger partial charge in [-0.3, -0.25) is 9.59 Å². The van der Waals surface area contributed by atoms with E-state index in [1.165, 1.54) is 0 Å². The number of aliphatic hydroxyl groups excluding tert-OH is 1. The normalized spacial score (nSPS) is 23.7. The smallest absolute Gasteiger partial charge is 0.250 e. The molecule has 4 N–H and O–H groups in total. The Labute approximate surface area is 153 Å². The second kappa shape index (κ2) is 7.73.